The molecule has 5 nitrogen and oxygen atoms in total. The molecule has 0 saturated heterocycles. The summed E-state index contributed by atoms with van der Waals surface area (Å²) in [6.07, 6.45) is -2.55. The minimum Gasteiger partial charge on any atom is -0.329 e. The molecule has 10 heteroatoms. The van der Waals surface area contributed by atoms with E-state index in [2.05, 4.69) is 10.4 Å². The molecule has 146 valence electrons. The predicted molar refractivity (Wildman–Crippen MR) is 84.5 cm³/mol. The first-order valence-corrected chi connectivity index (χ1v) is 8.49. The summed E-state index contributed by atoms with van der Waals surface area (Å²) in [7, 11) is 0. The molecule has 2 aliphatic rings. The van der Waals surface area contributed by atoms with Crippen molar-refractivity contribution >= 4 is 11.8 Å². The Morgan fingerprint density at radius 1 is 1.31 bits per heavy atom. The summed E-state index contributed by atoms with van der Waals surface area (Å²) in [4.78, 5) is 11.9. The summed E-state index contributed by atoms with van der Waals surface area (Å²) >= 11 is 0. The van der Waals surface area contributed by atoms with Crippen molar-refractivity contribution in [2.24, 2.45) is 0 Å². The van der Waals surface area contributed by atoms with Crippen LogP contribution in [-0.2, 0) is 5.41 Å². The van der Waals surface area contributed by atoms with Crippen molar-refractivity contribution in [1.82, 2.24) is 15.1 Å². The molecule has 0 atom stereocenters. The highest BCUT2D eigenvalue weighted by Crippen LogP contribution is 2.54. The standard InChI is InChI=1S/C16H21F5N4O/c1-9-11(14(2)6-15(17,18)7-14)24-25(10-4-3-5-10)12(9)23-13(26)22-8-16(19,20)21/h10H,3-8H2,1-2H3,(H2,22,23,26). The van der Waals surface area contributed by atoms with Crippen LogP contribution in [0.15, 0.2) is 0 Å². The molecule has 1 heterocycles. The number of urea groups is 1. The number of amides is 2. The number of carbonyl (C=O) groups excluding carboxylic acids is 1. The lowest BCUT2D eigenvalue weighted by Gasteiger charge is -2.44. The Morgan fingerprint density at radius 3 is 2.38 bits per heavy atom. The minimum atomic E-state index is -4.52. The number of carbonyl (C=O) groups is 1. The maximum Gasteiger partial charge on any atom is 0.405 e. The van der Waals surface area contributed by atoms with E-state index in [1.165, 1.54) is 0 Å². The van der Waals surface area contributed by atoms with Gasteiger partial charge in [-0.05, 0) is 26.2 Å². The van der Waals surface area contributed by atoms with Crippen LogP contribution in [0.25, 0.3) is 0 Å². The van der Waals surface area contributed by atoms with Crippen LogP contribution in [0.4, 0.5) is 32.6 Å². The summed E-state index contributed by atoms with van der Waals surface area (Å²) in [6.45, 7) is 1.89. The van der Waals surface area contributed by atoms with Crippen molar-refractivity contribution in [1.29, 1.82) is 0 Å². The average molecular weight is 380 g/mol. The number of hydrogen-bond acceptors (Lipinski definition) is 2. The minimum absolute atomic E-state index is 0.0181. The number of halogens is 5. The lowest BCUT2D eigenvalue weighted by atomic mass is 9.65. The molecule has 0 aromatic carbocycles. The zero-order valence-electron chi connectivity index (χ0n) is 14.5. The number of nitrogens with zero attached hydrogens (tertiary/aromatic N) is 2. The normalized spacial score (nSPS) is 21.7. The molecule has 1 aromatic heterocycles. The van der Waals surface area contributed by atoms with Gasteiger partial charge in [0.1, 0.15) is 12.4 Å². The van der Waals surface area contributed by atoms with Gasteiger partial charge in [0.15, 0.2) is 0 Å². The Bertz CT molecular complexity index is 700. The smallest absolute Gasteiger partial charge is 0.329 e. The number of anilines is 1. The second-order valence-electron chi connectivity index (χ2n) is 7.54. The van der Waals surface area contributed by atoms with Gasteiger partial charge in [0.2, 0.25) is 5.92 Å². The van der Waals surface area contributed by atoms with Crippen LogP contribution in [0.5, 0.6) is 0 Å². The molecule has 0 bridgehead atoms. The van der Waals surface area contributed by atoms with E-state index in [0.717, 1.165) is 19.3 Å². The van der Waals surface area contributed by atoms with Gasteiger partial charge in [-0.1, -0.05) is 6.92 Å². The Hall–Kier alpha value is -1.87. The van der Waals surface area contributed by atoms with Gasteiger partial charge in [0.05, 0.1) is 11.7 Å². The van der Waals surface area contributed by atoms with Crippen LogP contribution >= 0.6 is 0 Å². The number of aromatic nitrogens is 2. The van der Waals surface area contributed by atoms with E-state index in [-0.39, 0.29) is 24.7 Å². The van der Waals surface area contributed by atoms with Gasteiger partial charge in [-0.3, -0.25) is 5.32 Å². The Balaban J connectivity index is 1.83. The van der Waals surface area contributed by atoms with E-state index in [0.29, 0.717) is 11.3 Å². The second-order valence-corrected chi connectivity index (χ2v) is 7.54. The summed E-state index contributed by atoms with van der Waals surface area (Å²) in [5.74, 6) is -2.46. The van der Waals surface area contributed by atoms with Crippen molar-refractivity contribution in [2.75, 3.05) is 11.9 Å². The highest BCUT2D eigenvalue weighted by atomic mass is 19.4. The largest absolute Gasteiger partial charge is 0.405 e. The third-order valence-electron chi connectivity index (χ3n) is 5.12. The molecule has 2 aliphatic carbocycles. The monoisotopic (exact) mass is 380 g/mol. The van der Waals surface area contributed by atoms with Crippen LogP contribution in [0.3, 0.4) is 0 Å². The fourth-order valence-electron chi connectivity index (χ4n) is 3.73. The van der Waals surface area contributed by atoms with Gasteiger partial charge < -0.3 is 5.32 Å². The summed E-state index contributed by atoms with van der Waals surface area (Å²) in [5.41, 5.74) is 0.195. The predicted octanol–water partition coefficient (Wildman–Crippen LogP) is 4.29. The number of hydrogen-bond donors (Lipinski definition) is 2. The van der Waals surface area contributed by atoms with Crippen LogP contribution in [0, 0.1) is 6.92 Å². The lowest BCUT2D eigenvalue weighted by Crippen LogP contribution is -2.47. The van der Waals surface area contributed by atoms with Gasteiger partial charge in [0, 0.05) is 23.8 Å². The molecule has 26 heavy (non-hydrogen) atoms. The van der Waals surface area contributed by atoms with Gasteiger partial charge in [-0.15, -0.1) is 0 Å². The maximum absolute atomic E-state index is 13.4. The number of nitrogens with one attached hydrogen (secondary N) is 2. The van der Waals surface area contributed by atoms with Gasteiger partial charge in [-0.2, -0.15) is 18.3 Å². The molecule has 0 spiro atoms. The fourth-order valence-corrected chi connectivity index (χ4v) is 3.73. The third-order valence-corrected chi connectivity index (χ3v) is 5.12. The van der Waals surface area contributed by atoms with Crippen molar-refractivity contribution < 1.29 is 26.7 Å². The zero-order valence-corrected chi connectivity index (χ0v) is 14.5. The Kier molecular flexibility index (Phi) is 4.43. The molecule has 3 rings (SSSR count). The summed E-state index contributed by atoms with van der Waals surface area (Å²) < 4.78 is 65.1. The van der Waals surface area contributed by atoms with E-state index in [1.54, 1.807) is 23.8 Å². The molecular weight excluding hydrogens is 359 g/mol. The van der Waals surface area contributed by atoms with Crippen molar-refractivity contribution in [3.8, 4) is 0 Å². The third kappa shape index (κ3) is 3.64. The lowest BCUT2D eigenvalue weighted by molar-refractivity contribution is -0.123. The Labute approximate surface area is 147 Å². The molecule has 0 unspecified atom stereocenters. The molecule has 2 fully saturated rings. The quantitative estimate of drug-likeness (QED) is 0.766. The molecular formula is C16H21F5N4O. The highest BCUT2D eigenvalue weighted by molar-refractivity contribution is 5.89. The molecule has 0 radical (unpaired) electrons. The van der Waals surface area contributed by atoms with Crippen LogP contribution in [-0.4, -0.2) is 34.5 Å². The van der Waals surface area contributed by atoms with Gasteiger partial charge >= 0.3 is 12.2 Å². The first-order valence-electron chi connectivity index (χ1n) is 8.49. The van der Waals surface area contributed by atoms with E-state index < -0.39 is 30.1 Å². The van der Waals surface area contributed by atoms with E-state index in [9.17, 15) is 26.7 Å². The SMILES string of the molecule is Cc1c(C2(C)CC(F)(F)C2)nn(C2CCC2)c1NC(=O)NCC(F)(F)F. The van der Waals surface area contributed by atoms with Crippen molar-refractivity contribution in [2.45, 2.75) is 69.5 Å². The van der Waals surface area contributed by atoms with Gasteiger partial charge in [-0.25, -0.2) is 18.3 Å². The summed E-state index contributed by atoms with van der Waals surface area (Å²) in [5, 5.41) is 8.65. The van der Waals surface area contributed by atoms with Crippen molar-refractivity contribution in [3.63, 3.8) is 0 Å². The van der Waals surface area contributed by atoms with Crippen LogP contribution in [0.2, 0.25) is 0 Å². The average Bonchev–Trinajstić information content (AvgIpc) is 2.70. The zero-order chi connectivity index (χ0) is 19.3. The topological polar surface area (TPSA) is 59.0 Å². The maximum atomic E-state index is 13.4. The second kappa shape index (κ2) is 6.09. The first-order chi connectivity index (χ1) is 11.9. The number of alkyl halides is 5. The van der Waals surface area contributed by atoms with Gasteiger partial charge in [0.25, 0.3) is 0 Å². The van der Waals surface area contributed by atoms with Crippen molar-refractivity contribution in [3.05, 3.63) is 11.3 Å². The molecule has 2 saturated carbocycles. The fraction of sp³-hybridized carbons (Fsp3) is 0.750. The molecule has 2 amide bonds. The number of rotatable bonds is 4. The first kappa shape index (κ1) is 18.9. The molecule has 2 N–H and O–H groups in total. The van der Waals surface area contributed by atoms with E-state index in [1.807, 2.05) is 0 Å². The summed E-state index contributed by atoms with van der Waals surface area (Å²) in [6, 6.07) is -0.980. The van der Waals surface area contributed by atoms with E-state index in [4.69, 9.17) is 0 Å². The highest BCUT2D eigenvalue weighted by Gasteiger charge is 2.56. The Morgan fingerprint density at radius 2 is 1.92 bits per heavy atom. The molecule has 1 aromatic rings. The van der Waals surface area contributed by atoms with Crippen LogP contribution < -0.4 is 10.6 Å². The van der Waals surface area contributed by atoms with Crippen LogP contribution in [0.1, 0.15) is 56.3 Å². The molecule has 0 aliphatic heterocycles. The van der Waals surface area contributed by atoms with E-state index >= 15 is 0 Å².